The first-order chi connectivity index (χ1) is 9.77. The van der Waals surface area contributed by atoms with Crippen LogP contribution < -0.4 is 0 Å². The summed E-state index contributed by atoms with van der Waals surface area (Å²) in [4.78, 5) is 3.10. The number of nitriles is 1. The molecule has 1 N–H and O–H groups in total. The molecule has 5 nitrogen and oxygen atoms in total. The van der Waals surface area contributed by atoms with Crippen molar-refractivity contribution in [3.8, 4) is 6.07 Å². The number of hydrogen-bond acceptors (Lipinski definition) is 4. The van der Waals surface area contributed by atoms with Crippen molar-refractivity contribution in [2.24, 2.45) is 0 Å². The minimum absolute atomic E-state index is 0.606. The van der Waals surface area contributed by atoms with Crippen molar-refractivity contribution in [2.45, 2.75) is 13.0 Å². The fourth-order valence-corrected chi connectivity index (χ4v) is 2.36. The molecule has 20 heavy (non-hydrogen) atoms. The largest absolute Gasteiger partial charge is 0.382 e. The van der Waals surface area contributed by atoms with Gasteiger partial charge in [0.25, 0.3) is 0 Å². The Labute approximate surface area is 122 Å². The lowest BCUT2D eigenvalue weighted by molar-refractivity contribution is 0.0681. The summed E-state index contributed by atoms with van der Waals surface area (Å²) in [5, 5.41) is 9.09. The Hall–Kier alpha value is -1.68. The van der Waals surface area contributed by atoms with Crippen LogP contribution in [0.25, 0.3) is 11.0 Å². The van der Waals surface area contributed by atoms with Gasteiger partial charge in [-0.25, -0.2) is 0 Å². The molecule has 0 amide bonds. The molecule has 1 aromatic carbocycles. The first-order valence-corrected chi connectivity index (χ1v) is 6.87. The van der Waals surface area contributed by atoms with Crippen molar-refractivity contribution in [3.63, 3.8) is 0 Å². The van der Waals surface area contributed by atoms with Crippen LogP contribution in [0.5, 0.6) is 0 Å². The van der Waals surface area contributed by atoms with Crippen molar-refractivity contribution in [2.75, 3.05) is 26.9 Å². The highest BCUT2D eigenvalue weighted by Gasteiger charge is 2.07. The van der Waals surface area contributed by atoms with Gasteiger partial charge >= 0.3 is 0 Å². The summed E-state index contributed by atoms with van der Waals surface area (Å²) in [6.45, 7) is 2.64. The number of imidazole rings is 1. The number of rotatable bonds is 7. The molecule has 0 unspecified atom stereocenters. The number of aryl methyl sites for hydroxylation is 1. The lowest BCUT2D eigenvalue weighted by Gasteiger charge is -2.06. The third-order valence-electron chi connectivity index (χ3n) is 3.03. The quantitative estimate of drug-likeness (QED) is 0.629. The molecule has 1 heterocycles. The van der Waals surface area contributed by atoms with E-state index in [1.54, 1.807) is 13.2 Å². The Morgan fingerprint density at radius 3 is 2.95 bits per heavy atom. The predicted molar refractivity (Wildman–Crippen MR) is 79.1 cm³/mol. The molecule has 0 aliphatic carbocycles. The molecule has 0 atom stereocenters. The second kappa shape index (κ2) is 7.20. The van der Waals surface area contributed by atoms with E-state index < -0.39 is 0 Å². The summed E-state index contributed by atoms with van der Waals surface area (Å²) in [7, 11) is 1.65. The molecule has 0 bridgehead atoms. The Morgan fingerprint density at radius 2 is 2.20 bits per heavy atom. The van der Waals surface area contributed by atoms with Crippen molar-refractivity contribution in [1.29, 1.82) is 5.26 Å². The maximum Gasteiger partial charge on any atom is 0.178 e. The van der Waals surface area contributed by atoms with E-state index in [-0.39, 0.29) is 0 Å². The molecule has 0 fully saturated rings. The maximum absolute atomic E-state index is 9.09. The molecular formula is C14H17N3O2S. The SMILES string of the molecule is COCCOCCCn1c(=S)[nH]c2c(C#N)cccc21. The van der Waals surface area contributed by atoms with Crippen LogP contribution in [0.4, 0.5) is 0 Å². The van der Waals surface area contributed by atoms with Crippen LogP contribution in [0.1, 0.15) is 12.0 Å². The molecule has 6 heteroatoms. The fourth-order valence-electron chi connectivity index (χ4n) is 2.06. The summed E-state index contributed by atoms with van der Waals surface area (Å²) in [6.07, 6.45) is 0.863. The zero-order chi connectivity index (χ0) is 14.4. The standard InChI is InChI=1S/C14H17N3O2S/c1-18-8-9-19-7-3-6-17-12-5-2-4-11(10-15)13(12)16-14(17)20/h2,4-5H,3,6-9H2,1H3,(H,16,20). The van der Waals surface area contributed by atoms with E-state index in [9.17, 15) is 0 Å². The summed E-state index contributed by atoms with van der Waals surface area (Å²) in [6, 6.07) is 7.79. The van der Waals surface area contributed by atoms with Crippen LogP contribution in [0.15, 0.2) is 18.2 Å². The van der Waals surface area contributed by atoms with E-state index in [0.29, 0.717) is 30.2 Å². The molecule has 2 rings (SSSR count). The van der Waals surface area contributed by atoms with Gasteiger partial charge in [-0.05, 0) is 30.8 Å². The smallest absolute Gasteiger partial charge is 0.178 e. The number of aromatic amines is 1. The first kappa shape index (κ1) is 14.7. The van der Waals surface area contributed by atoms with Gasteiger partial charge < -0.3 is 19.0 Å². The predicted octanol–water partition coefficient (Wildman–Crippen LogP) is 2.62. The van der Waals surface area contributed by atoms with Crippen molar-refractivity contribution in [1.82, 2.24) is 9.55 Å². The number of hydrogen-bond donors (Lipinski definition) is 1. The lowest BCUT2D eigenvalue weighted by atomic mass is 10.2. The van der Waals surface area contributed by atoms with Gasteiger partial charge in [-0.3, -0.25) is 0 Å². The van der Waals surface area contributed by atoms with Crippen LogP contribution in [-0.2, 0) is 16.0 Å². The van der Waals surface area contributed by atoms with Crippen LogP contribution in [0.2, 0.25) is 0 Å². The number of benzene rings is 1. The number of methoxy groups -OCH3 is 1. The van der Waals surface area contributed by atoms with E-state index >= 15 is 0 Å². The van der Waals surface area contributed by atoms with Crippen LogP contribution in [0, 0.1) is 16.1 Å². The highest BCUT2D eigenvalue weighted by atomic mass is 32.1. The molecule has 106 valence electrons. The van der Waals surface area contributed by atoms with E-state index in [4.69, 9.17) is 27.0 Å². The van der Waals surface area contributed by atoms with Crippen molar-refractivity contribution >= 4 is 23.3 Å². The number of nitrogens with one attached hydrogen (secondary N) is 1. The average Bonchev–Trinajstić information content (AvgIpc) is 2.78. The van der Waals surface area contributed by atoms with Crippen LogP contribution in [-0.4, -0.2) is 36.5 Å². The molecule has 1 aromatic heterocycles. The van der Waals surface area contributed by atoms with E-state index in [1.807, 2.05) is 16.7 Å². The van der Waals surface area contributed by atoms with Crippen molar-refractivity contribution < 1.29 is 9.47 Å². The monoisotopic (exact) mass is 291 g/mol. The van der Waals surface area contributed by atoms with Gasteiger partial charge in [0.05, 0.1) is 29.8 Å². The summed E-state index contributed by atoms with van der Waals surface area (Å²) in [5.41, 5.74) is 2.38. The van der Waals surface area contributed by atoms with Crippen LogP contribution in [0.3, 0.4) is 0 Å². The zero-order valence-electron chi connectivity index (χ0n) is 11.4. The Balaban J connectivity index is 2.06. The summed E-state index contributed by atoms with van der Waals surface area (Å²) in [5.74, 6) is 0. The third kappa shape index (κ3) is 3.25. The lowest BCUT2D eigenvalue weighted by Crippen LogP contribution is -2.06. The molecule has 0 saturated carbocycles. The molecule has 0 radical (unpaired) electrons. The number of para-hydroxylation sites is 1. The maximum atomic E-state index is 9.09. The van der Waals surface area contributed by atoms with E-state index in [0.717, 1.165) is 24.0 Å². The zero-order valence-corrected chi connectivity index (χ0v) is 12.2. The number of aromatic nitrogens is 2. The van der Waals surface area contributed by atoms with Crippen LogP contribution >= 0.6 is 12.2 Å². The third-order valence-corrected chi connectivity index (χ3v) is 3.36. The molecule has 2 aromatic rings. The normalized spacial score (nSPS) is 10.8. The molecule has 0 aliphatic rings. The highest BCUT2D eigenvalue weighted by molar-refractivity contribution is 7.71. The number of H-pyrrole nitrogens is 1. The number of fused-ring (bicyclic) bond motifs is 1. The van der Waals surface area contributed by atoms with Gasteiger partial charge in [-0.15, -0.1) is 0 Å². The van der Waals surface area contributed by atoms with Gasteiger partial charge in [-0.2, -0.15) is 5.26 Å². The second-order valence-electron chi connectivity index (χ2n) is 4.35. The fraction of sp³-hybridized carbons (Fsp3) is 0.429. The summed E-state index contributed by atoms with van der Waals surface area (Å²) < 4.78 is 13.0. The molecular weight excluding hydrogens is 274 g/mol. The topological polar surface area (TPSA) is 63.0 Å². The minimum Gasteiger partial charge on any atom is -0.382 e. The summed E-state index contributed by atoms with van der Waals surface area (Å²) >= 11 is 5.32. The number of ether oxygens (including phenoxy) is 2. The first-order valence-electron chi connectivity index (χ1n) is 6.46. The van der Waals surface area contributed by atoms with E-state index in [2.05, 4.69) is 11.1 Å². The Bertz CT molecular complexity index is 669. The molecule has 0 aliphatic heterocycles. The Kier molecular flexibility index (Phi) is 5.30. The second-order valence-corrected chi connectivity index (χ2v) is 4.74. The van der Waals surface area contributed by atoms with Gasteiger partial charge in [-0.1, -0.05) is 6.07 Å². The average molecular weight is 291 g/mol. The molecule has 0 saturated heterocycles. The highest BCUT2D eigenvalue weighted by Crippen LogP contribution is 2.18. The van der Waals surface area contributed by atoms with Gasteiger partial charge in [0.15, 0.2) is 4.77 Å². The number of nitrogens with zero attached hydrogens (tertiary/aromatic N) is 2. The van der Waals surface area contributed by atoms with Gasteiger partial charge in [0.1, 0.15) is 6.07 Å². The Morgan fingerprint density at radius 1 is 1.35 bits per heavy atom. The van der Waals surface area contributed by atoms with Crippen molar-refractivity contribution in [3.05, 3.63) is 28.5 Å². The van der Waals surface area contributed by atoms with Gasteiger partial charge in [0, 0.05) is 20.3 Å². The molecule has 0 spiro atoms. The van der Waals surface area contributed by atoms with E-state index in [1.165, 1.54) is 0 Å². The van der Waals surface area contributed by atoms with Gasteiger partial charge in [0.2, 0.25) is 0 Å². The minimum atomic E-state index is 0.606.